The number of aliphatic carboxylic acids is 1. The summed E-state index contributed by atoms with van der Waals surface area (Å²) in [4.78, 5) is 22.7. The molecule has 1 atom stereocenters. The van der Waals surface area contributed by atoms with Crippen LogP contribution in [0.4, 0.5) is 4.79 Å². The molecule has 0 aromatic heterocycles. The van der Waals surface area contributed by atoms with Crippen LogP contribution in [0.1, 0.15) is 97.0 Å². The summed E-state index contributed by atoms with van der Waals surface area (Å²) in [6.07, 6.45) is 17.5. The molecular weight excluding hydrogens is 428 g/mol. The van der Waals surface area contributed by atoms with Crippen molar-refractivity contribution in [1.82, 2.24) is 10.6 Å². The van der Waals surface area contributed by atoms with Crippen molar-refractivity contribution in [2.24, 2.45) is 0 Å². The Bertz CT molecular complexity index is 729. The summed E-state index contributed by atoms with van der Waals surface area (Å²) in [5, 5.41) is 15.3. The van der Waals surface area contributed by atoms with Crippen LogP contribution >= 0.6 is 0 Å². The first-order chi connectivity index (χ1) is 16.2. The molecule has 0 aliphatic heterocycles. The van der Waals surface area contributed by atoms with Crippen LogP contribution in [0.2, 0.25) is 0 Å². The maximum atomic E-state index is 11.6. The van der Waals surface area contributed by atoms with Crippen molar-refractivity contribution in [3.05, 3.63) is 42.0 Å². The lowest BCUT2D eigenvalue weighted by Crippen LogP contribution is -2.43. The van der Waals surface area contributed by atoms with Gasteiger partial charge in [-0.15, -0.1) is 0 Å². The number of hydrogen-bond acceptors (Lipinski definition) is 4. The Morgan fingerprint density at radius 2 is 1.50 bits per heavy atom. The molecule has 3 rings (SSSR count). The number of nitrogens with one attached hydrogen (secondary N) is 2. The minimum absolute atomic E-state index is 0.184. The first-order valence-electron chi connectivity index (χ1n) is 12.9. The van der Waals surface area contributed by atoms with Crippen molar-refractivity contribution < 1.29 is 19.4 Å². The van der Waals surface area contributed by atoms with Crippen LogP contribution < -0.4 is 10.6 Å². The maximum absolute atomic E-state index is 11.6. The molecule has 2 fully saturated rings. The van der Waals surface area contributed by atoms with E-state index in [2.05, 4.69) is 10.6 Å². The molecule has 190 valence electrons. The Kier molecular flexibility index (Phi) is 12.2. The van der Waals surface area contributed by atoms with E-state index in [1.54, 1.807) is 26.8 Å². The summed E-state index contributed by atoms with van der Waals surface area (Å²) in [6.45, 7) is 5.16. The van der Waals surface area contributed by atoms with E-state index in [1.165, 1.54) is 64.2 Å². The van der Waals surface area contributed by atoms with Gasteiger partial charge in [0, 0.05) is 12.1 Å². The molecule has 3 N–H and O–H groups in total. The number of carbonyl (C=O) groups is 2. The van der Waals surface area contributed by atoms with E-state index in [9.17, 15) is 9.59 Å². The zero-order valence-corrected chi connectivity index (χ0v) is 21.2. The number of benzene rings is 1. The van der Waals surface area contributed by atoms with Gasteiger partial charge in [-0.05, 0) is 58.4 Å². The summed E-state index contributed by atoms with van der Waals surface area (Å²) in [6, 6.07) is 10.2. The molecular formula is C28H44N2O4. The standard InChI is InChI=1S/C16H21NO4.C12H23N/c1-16(2,3)21-15(20)17-13(14(18)19)11-7-10-12-8-5-4-6-9-12;1-3-7-11(8-4-1)13-12-9-5-2-6-10-12/h4-10,13H,11H2,1-3H3,(H,17,20)(H,18,19);11-13H,1-10H2/b10-7+;/t13-;/m1./s1. The minimum atomic E-state index is -1.10. The zero-order valence-electron chi connectivity index (χ0n) is 21.2. The van der Waals surface area contributed by atoms with Gasteiger partial charge < -0.3 is 20.5 Å². The molecule has 0 heterocycles. The van der Waals surface area contributed by atoms with Crippen LogP contribution in [0.3, 0.4) is 0 Å². The molecule has 6 heteroatoms. The van der Waals surface area contributed by atoms with E-state index in [1.807, 2.05) is 36.4 Å². The van der Waals surface area contributed by atoms with E-state index in [0.717, 1.165) is 17.6 Å². The van der Waals surface area contributed by atoms with Crippen LogP contribution in [0, 0.1) is 0 Å². The van der Waals surface area contributed by atoms with E-state index in [-0.39, 0.29) is 6.42 Å². The van der Waals surface area contributed by atoms with Crippen molar-refractivity contribution >= 4 is 18.1 Å². The van der Waals surface area contributed by atoms with Gasteiger partial charge in [0.1, 0.15) is 11.6 Å². The van der Waals surface area contributed by atoms with Crippen molar-refractivity contribution in [1.29, 1.82) is 0 Å². The molecule has 0 saturated heterocycles. The largest absolute Gasteiger partial charge is 0.480 e. The summed E-state index contributed by atoms with van der Waals surface area (Å²) in [5.41, 5.74) is 0.312. The van der Waals surface area contributed by atoms with E-state index in [0.29, 0.717) is 0 Å². The predicted molar refractivity (Wildman–Crippen MR) is 138 cm³/mol. The first-order valence-corrected chi connectivity index (χ1v) is 12.9. The third-order valence-corrected chi connectivity index (χ3v) is 6.15. The quantitative estimate of drug-likeness (QED) is 0.433. The van der Waals surface area contributed by atoms with E-state index >= 15 is 0 Å². The fourth-order valence-electron chi connectivity index (χ4n) is 4.45. The van der Waals surface area contributed by atoms with Crippen molar-refractivity contribution in [2.45, 2.75) is 115 Å². The molecule has 0 radical (unpaired) electrons. The highest BCUT2D eigenvalue weighted by molar-refractivity contribution is 5.80. The predicted octanol–water partition coefficient (Wildman–Crippen LogP) is 6.31. The van der Waals surface area contributed by atoms with Gasteiger partial charge in [0.05, 0.1) is 0 Å². The summed E-state index contributed by atoms with van der Waals surface area (Å²) in [5.74, 6) is -1.10. The first kappa shape index (κ1) is 27.9. The number of carboxylic acids is 1. The third-order valence-electron chi connectivity index (χ3n) is 6.15. The molecule has 34 heavy (non-hydrogen) atoms. The highest BCUT2D eigenvalue weighted by Crippen LogP contribution is 2.22. The lowest BCUT2D eigenvalue weighted by molar-refractivity contribution is -0.139. The molecule has 1 amide bonds. The monoisotopic (exact) mass is 472 g/mol. The summed E-state index contributed by atoms with van der Waals surface area (Å²) < 4.78 is 5.05. The van der Waals surface area contributed by atoms with Gasteiger partial charge in [-0.25, -0.2) is 9.59 Å². The normalized spacial score (nSPS) is 18.6. The van der Waals surface area contributed by atoms with E-state index < -0.39 is 23.7 Å². The maximum Gasteiger partial charge on any atom is 0.408 e. The lowest BCUT2D eigenvalue weighted by Gasteiger charge is -2.30. The van der Waals surface area contributed by atoms with Crippen molar-refractivity contribution in [2.75, 3.05) is 0 Å². The average molecular weight is 473 g/mol. The van der Waals surface area contributed by atoms with Crippen LogP contribution in [-0.4, -0.2) is 40.9 Å². The zero-order chi connectivity index (χ0) is 24.8. The Morgan fingerprint density at radius 1 is 0.971 bits per heavy atom. The number of amides is 1. The number of rotatable bonds is 7. The average Bonchev–Trinajstić information content (AvgIpc) is 2.80. The fourth-order valence-corrected chi connectivity index (χ4v) is 4.45. The molecule has 0 unspecified atom stereocenters. The van der Waals surface area contributed by atoms with Crippen LogP contribution in [0.15, 0.2) is 36.4 Å². The molecule has 2 saturated carbocycles. The molecule has 1 aromatic carbocycles. The Labute approximate surface area is 205 Å². The molecule has 0 spiro atoms. The second kappa shape index (κ2) is 14.8. The Balaban J connectivity index is 0.000000266. The van der Waals surface area contributed by atoms with Gasteiger partial charge in [-0.3, -0.25) is 0 Å². The van der Waals surface area contributed by atoms with Gasteiger partial charge in [0.25, 0.3) is 0 Å². The van der Waals surface area contributed by atoms with Crippen LogP contribution in [-0.2, 0) is 9.53 Å². The fraction of sp³-hybridized carbons (Fsp3) is 0.643. The smallest absolute Gasteiger partial charge is 0.408 e. The molecule has 2 aliphatic carbocycles. The Hall–Kier alpha value is -2.34. The second-order valence-corrected chi connectivity index (χ2v) is 10.4. The second-order valence-electron chi connectivity index (χ2n) is 10.4. The summed E-state index contributed by atoms with van der Waals surface area (Å²) >= 11 is 0. The number of carbonyl (C=O) groups excluding carboxylic acids is 1. The van der Waals surface area contributed by atoms with Gasteiger partial charge in [-0.2, -0.15) is 0 Å². The van der Waals surface area contributed by atoms with Crippen LogP contribution in [0.25, 0.3) is 6.08 Å². The van der Waals surface area contributed by atoms with Crippen LogP contribution in [0.5, 0.6) is 0 Å². The highest BCUT2D eigenvalue weighted by Gasteiger charge is 2.23. The SMILES string of the molecule is C1CCC(NC2CCCCC2)CC1.CC(C)(C)OC(=O)N[C@H](C/C=C/c1ccccc1)C(=O)O. The molecule has 1 aromatic rings. The number of hydrogen-bond donors (Lipinski definition) is 3. The highest BCUT2D eigenvalue weighted by atomic mass is 16.6. The lowest BCUT2D eigenvalue weighted by atomic mass is 9.91. The molecule has 6 nitrogen and oxygen atoms in total. The van der Waals surface area contributed by atoms with Crippen molar-refractivity contribution in [3.63, 3.8) is 0 Å². The topological polar surface area (TPSA) is 87.7 Å². The van der Waals surface area contributed by atoms with Gasteiger partial charge in [0.2, 0.25) is 0 Å². The minimum Gasteiger partial charge on any atom is -0.480 e. The van der Waals surface area contributed by atoms with Gasteiger partial charge in [0.15, 0.2) is 0 Å². The van der Waals surface area contributed by atoms with Gasteiger partial charge >= 0.3 is 12.1 Å². The van der Waals surface area contributed by atoms with Gasteiger partial charge in [-0.1, -0.05) is 81.0 Å². The number of ether oxygens (including phenoxy) is 1. The Morgan fingerprint density at radius 3 is 1.97 bits per heavy atom. The number of carboxylic acid groups (broad SMARTS) is 1. The molecule has 2 aliphatic rings. The van der Waals surface area contributed by atoms with Crippen molar-refractivity contribution in [3.8, 4) is 0 Å². The third kappa shape index (κ3) is 12.2. The summed E-state index contributed by atoms with van der Waals surface area (Å²) in [7, 11) is 0. The molecule has 0 bridgehead atoms. The number of alkyl carbamates (subject to hydrolysis) is 1. The van der Waals surface area contributed by atoms with E-state index in [4.69, 9.17) is 9.84 Å².